The van der Waals surface area contributed by atoms with E-state index >= 15 is 0 Å². The van der Waals surface area contributed by atoms with E-state index < -0.39 is 13.3 Å². The molecule has 1 aliphatic rings. The van der Waals surface area contributed by atoms with Gasteiger partial charge in [0.2, 0.25) is 0 Å². The first-order valence-electron chi connectivity index (χ1n) is 2.45. The van der Waals surface area contributed by atoms with Gasteiger partial charge in [-0.3, -0.25) is 0 Å². The molecule has 1 heterocycles. The Balaban J connectivity index is 2.40. The van der Waals surface area contributed by atoms with Crippen LogP contribution in [0, 0.1) is 0 Å². The minimum absolute atomic E-state index is 1.05. The van der Waals surface area contributed by atoms with Gasteiger partial charge < -0.3 is 0 Å². The second-order valence-electron chi connectivity index (χ2n) is 2.69. The summed E-state index contributed by atoms with van der Waals surface area (Å²) in [6.07, 6.45) is 0. The van der Waals surface area contributed by atoms with Crippen molar-refractivity contribution < 1.29 is 0 Å². The van der Waals surface area contributed by atoms with E-state index in [4.69, 9.17) is 0 Å². The predicted molar refractivity (Wildman–Crippen MR) is 42.4 cm³/mol. The molecular formula is C4H10GeS2. The van der Waals surface area contributed by atoms with Crippen LogP contribution in [-0.4, -0.2) is 22.4 Å². The first-order chi connectivity index (χ1) is 3.21. The molecule has 1 saturated heterocycles. The fourth-order valence-corrected chi connectivity index (χ4v) is 20.8. The van der Waals surface area contributed by atoms with Gasteiger partial charge in [-0.25, -0.2) is 0 Å². The fraction of sp³-hybridized carbons (Fsp3) is 1.00. The second-order valence-corrected chi connectivity index (χ2v) is 17.9. The van der Waals surface area contributed by atoms with Crippen molar-refractivity contribution in [2.75, 3.05) is 9.17 Å². The van der Waals surface area contributed by atoms with Crippen molar-refractivity contribution in [1.29, 1.82) is 0 Å². The normalized spacial score (nSPS) is 28.3. The molecule has 3 heteroatoms. The van der Waals surface area contributed by atoms with Crippen LogP contribution in [0.25, 0.3) is 0 Å². The zero-order valence-corrected chi connectivity index (χ0v) is 8.46. The Morgan fingerprint density at radius 2 is 1.57 bits per heavy atom. The third kappa shape index (κ3) is 1.90. The quantitative estimate of drug-likeness (QED) is 0.429. The van der Waals surface area contributed by atoms with E-state index in [1.807, 2.05) is 0 Å². The van der Waals surface area contributed by atoms with E-state index in [0.717, 1.165) is 0 Å². The summed E-state index contributed by atoms with van der Waals surface area (Å²) in [5.74, 6) is 5.01. The van der Waals surface area contributed by atoms with Crippen LogP contribution >= 0.6 is 21.6 Å². The van der Waals surface area contributed by atoms with Gasteiger partial charge >= 0.3 is 55.5 Å². The van der Waals surface area contributed by atoms with E-state index in [9.17, 15) is 0 Å². The molecule has 0 nitrogen and oxygen atoms in total. The Kier molecular flexibility index (Phi) is 2.03. The number of rotatable bonds is 0. The molecule has 7 heavy (non-hydrogen) atoms. The monoisotopic (exact) mass is 196 g/mol. The molecule has 0 aromatic heterocycles. The molecule has 0 amide bonds. The molecule has 0 aromatic rings. The Morgan fingerprint density at radius 1 is 1.14 bits per heavy atom. The van der Waals surface area contributed by atoms with E-state index in [1.54, 1.807) is 0 Å². The summed E-state index contributed by atoms with van der Waals surface area (Å²) >= 11 is -1.05. The average molecular weight is 195 g/mol. The standard InChI is InChI=1S/C4H10GeS2/c1-5(2)3-6-7-4-5/h3-4H2,1-2H3. The first kappa shape index (κ1) is 6.36. The van der Waals surface area contributed by atoms with Crippen molar-refractivity contribution in [1.82, 2.24) is 0 Å². The van der Waals surface area contributed by atoms with Crippen LogP contribution in [0.15, 0.2) is 0 Å². The molecule has 0 saturated carbocycles. The summed E-state index contributed by atoms with van der Waals surface area (Å²) in [6.45, 7) is 0. The molecule has 0 bridgehead atoms. The molecular weight excluding hydrogens is 185 g/mol. The van der Waals surface area contributed by atoms with Crippen LogP contribution in [0.3, 0.4) is 0 Å². The molecule has 0 aliphatic carbocycles. The molecule has 0 unspecified atom stereocenters. The zero-order valence-electron chi connectivity index (χ0n) is 4.73. The summed E-state index contributed by atoms with van der Waals surface area (Å²) in [6, 6.07) is 0. The summed E-state index contributed by atoms with van der Waals surface area (Å²) in [5.41, 5.74) is 0. The van der Waals surface area contributed by atoms with Gasteiger partial charge in [-0.05, 0) is 0 Å². The SMILES string of the molecule is [CH3][Ge]1([CH3])[CH2]SS[CH2]1. The average Bonchev–Trinajstić information content (AvgIpc) is 1.84. The van der Waals surface area contributed by atoms with Gasteiger partial charge in [0.15, 0.2) is 0 Å². The maximum absolute atomic E-state index is 2.51. The van der Waals surface area contributed by atoms with E-state index in [1.165, 1.54) is 9.17 Å². The van der Waals surface area contributed by atoms with Gasteiger partial charge in [-0.15, -0.1) is 0 Å². The summed E-state index contributed by atoms with van der Waals surface area (Å²) in [7, 11) is 4.16. The van der Waals surface area contributed by atoms with Crippen LogP contribution in [-0.2, 0) is 0 Å². The van der Waals surface area contributed by atoms with Crippen LogP contribution in [0.1, 0.15) is 0 Å². The van der Waals surface area contributed by atoms with Crippen LogP contribution in [0.5, 0.6) is 0 Å². The summed E-state index contributed by atoms with van der Waals surface area (Å²) < 4.78 is 3.04. The van der Waals surface area contributed by atoms with Gasteiger partial charge in [0.05, 0.1) is 0 Å². The Morgan fingerprint density at radius 3 is 1.71 bits per heavy atom. The van der Waals surface area contributed by atoms with Crippen molar-refractivity contribution in [3.8, 4) is 0 Å². The fourth-order valence-electron chi connectivity index (χ4n) is 0.444. The second kappa shape index (κ2) is 2.23. The molecule has 0 radical (unpaired) electrons. The molecule has 1 rings (SSSR count). The minimum atomic E-state index is -1.05. The predicted octanol–water partition coefficient (Wildman–Crippen LogP) is 2.17. The van der Waals surface area contributed by atoms with Crippen molar-refractivity contribution in [2.24, 2.45) is 0 Å². The van der Waals surface area contributed by atoms with Gasteiger partial charge in [-0.1, -0.05) is 0 Å². The third-order valence-corrected chi connectivity index (χ3v) is 18.4. The topological polar surface area (TPSA) is 0 Å². The molecule has 0 N–H and O–H groups in total. The molecule has 1 fully saturated rings. The molecule has 1 aliphatic heterocycles. The van der Waals surface area contributed by atoms with Crippen LogP contribution in [0.2, 0.25) is 11.5 Å². The van der Waals surface area contributed by atoms with Crippen LogP contribution < -0.4 is 0 Å². The molecule has 0 spiro atoms. The zero-order chi connectivity index (χ0) is 5.33. The Bertz CT molecular complexity index is 64.1. The molecule has 0 aromatic carbocycles. The third-order valence-electron chi connectivity index (χ3n) is 0.983. The van der Waals surface area contributed by atoms with Crippen LogP contribution in [0.4, 0.5) is 0 Å². The summed E-state index contributed by atoms with van der Waals surface area (Å²) in [5, 5.41) is 0. The van der Waals surface area contributed by atoms with E-state index in [0.29, 0.717) is 0 Å². The van der Waals surface area contributed by atoms with Crippen molar-refractivity contribution in [3.63, 3.8) is 0 Å². The number of hydrogen-bond donors (Lipinski definition) is 0. The Hall–Kier alpha value is 1.24. The molecule has 0 atom stereocenters. The molecule has 42 valence electrons. The number of hydrogen-bond acceptors (Lipinski definition) is 2. The maximum atomic E-state index is 2.51. The first-order valence-corrected chi connectivity index (χ1v) is 12.1. The summed E-state index contributed by atoms with van der Waals surface area (Å²) in [4.78, 5) is 0. The van der Waals surface area contributed by atoms with Crippen molar-refractivity contribution >= 4 is 34.9 Å². The van der Waals surface area contributed by atoms with E-state index in [2.05, 4.69) is 33.1 Å². The van der Waals surface area contributed by atoms with Gasteiger partial charge in [0.1, 0.15) is 0 Å². The Labute approximate surface area is 55.6 Å². The van der Waals surface area contributed by atoms with Gasteiger partial charge in [0.25, 0.3) is 0 Å². The van der Waals surface area contributed by atoms with Crippen molar-refractivity contribution in [3.05, 3.63) is 0 Å². The van der Waals surface area contributed by atoms with Gasteiger partial charge in [0, 0.05) is 0 Å². The van der Waals surface area contributed by atoms with E-state index in [-0.39, 0.29) is 0 Å². The van der Waals surface area contributed by atoms with Crippen molar-refractivity contribution in [2.45, 2.75) is 11.5 Å². The van der Waals surface area contributed by atoms with Gasteiger partial charge in [-0.2, -0.15) is 0 Å².